The minimum absolute atomic E-state index is 0.204. The van der Waals surface area contributed by atoms with Crippen LogP contribution in [0.25, 0.3) is 0 Å². The highest BCUT2D eigenvalue weighted by Crippen LogP contribution is 2.35. The molecule has 3 nitrogen and oxygen atoms in total. The fourth-order valence-electron chi connectivity index (χ4n) is 2.94. The number of likely N-dealkylation sites (tertiary alicyclic amines) is 1. The number of hydrogen-bond donors (Lipinski definition) is 2. The molecule has 0 bridgehead atoms. The molecule has 1 aromatic carbocycles. The van der Waals surface area contributed by atoms with E-state index in [0.717, 1.165) is 38.0 Å². The Bertz CT molecular complexity index is 418. The molecule has 1 aliphatic rings. The third-order valence-corrected chi connectivity index (χ3v) is 4.42. The fourth-order valence-corrected chi connectivity index (χ4v) is 2.94. The molecule has 1 saturated heterocycles. The molecule has 0 radical (unpaired) electrons. The predicted molar refractivity (Wildman–Crippen MR) is 81.5 cm³/mol. The van der Waals surface area contributed by atoms with Gasteiger partial charge < -0.3 is 15.1 Å². The van der Waals surface area contributed by atoms with Gasteiger partial charge in [0.25, 0.3) is 0 Å². The first-order valence-corrected chi connectivity index (χ1v) is 7.48. The van der Waals surface area contributed by atoms with Crippen molar-refractivity contribution in [1.29, 1.82) is 0 Å². The highest BCUT2D eigenvalue weighted by molar-refractivity contribution is 5.19. The van der Waals surface area contributed by atoms with Gasteiger partial charge in [-0.2, -0.15) is 0 Å². The zero-order valence-electron chi connectivity index (χ0n) is 12.8. The third kappa shape index (κ3) is 3.81. The molecule has 0 spiro atoms. The smallest absolute Gasteiger partial charge is 0.0853 e. The van der Waals surface area contributed by atoms with Crippen LogP contribution in [0.15, 0.2) is 30.3 Å². The van der Waals surface area contributed by atoms with Gasteiger partial charge in [-0.3, -0.25) is 0 Å². The summed E-state index contributed by atoms with van der Waals surface area (Å²) < 4.78 is 0. The van der Waals surface area contributed by atoms with Gasteiger partial charge >= 0.3 is 0 Å². The second-order valence-corrected chi connectivity index (χ2v) is 7.07. The lowest BCUT2D eigenvalue weighted by atomic mass is 9.81. The largest absolute Gasteiger partial charge is 0.390 e. The minimum Gasteiger partial charge on any atom is -0.390 e. The molecule has 0 saturated carbocycles. The van der Waals surface area contributed by atoms with Gasteiger partial charge in [-0.25, -0.2) is 0 Å². The Kier molecular flexibility index (Phi) is 4.52. The van der Waals surface area contributed by atoms with Gasteiger partial charge in [0, 0.05) is 25.0 Å². The molecule has 1 fully saturated rings. The Morgan fingerprint density at radius 1 is 1.20 bits per heavy atom. The maximum atomic E-state index is 10.6. The van der Waals surface area contributed by atoms with Crippen molar-refractivity contribution in [2.75, 3.05) is 19.6 Å². The lowest BCUT2D eigenvalue weighted by Gasteiger charge is -2.41. The molecule has 1 aromatic rings. The zero-order chi connectivity index (χ0) is 14.8. The number of benzene rings is 1. The van der Waals surface area contributed by atoms with Gasteiger partial charge in [0.15, 0.2) is 0 Å². The van der Waals surface area contributed by atoms with Crippen molar-refractivity contribution in [2.24, 2.45) is 5.41 Å². The minimum atomic E-state index is -0.515. The summed E-state index contributed by atoms with van der Waals surface area (Å²) >= 11 is 0. The van der Waals surface area contributed by atoms with Crippen molar-refractivity contribution in [3.8, 4) is 0 Å². The fraction of sp³-hybridized carbons (Fsp3) is 0.647. The molecule has 1 atom stereocenters. The summed E-state index contributed by atoms with van der Waals surface area (Å²) in [6, 6.07) is 9.86. The summed E-state index contributed by atoms with van der Waals surface area (Å²) in [4.78, 5) is 2.35. The van der Waals surface area contributed by atoms with Crippen molar-refractivity contribution in [3.63, 3.8) is 0 Å². The van der Waals surface area contributed by atoms with Crippen molar-refractivity contribution in [2.45, 2.75) is 45.3 Å². The van der Waals surface area contributed by atoms with E-state index >= 15 is 0 Å². The molecule has 2 rings (SSSR count). The molecular formula is C17H27NO2. The molecule has 112 valence electrons. The summed E-state index contributed by atoms with van der Waals surface area (Å²) in [7, 11) is 0. The van der Waals surface area contributed by atoms with Gasteiger partial charge in [-0.1, -0.05) is 44.2 Å². The van der Waals surface area contributed by atoms with Crippen LogP contribution in [-0.4, -0.2) is 40.3 Å². The number of piperidine rings is 1. The number of aliphatic hydroxyl groups is 2. The Morgan fingerprint density at radius 2 is 1.75 bits per heavy atom. The average molecular weight is 277 g/mol. The summed E-state index contributed by atoms with van der Waals surface area (Å²) in [6.45, 7) is 8.78. The SMILES string of the molecule is CC1(O)CCN(CC(C)(C)C(O)c2ccccc2)CC1. The van der Waals surface area contributed by atoms with Gasteiger partial charge in [-0.15, -0.1) is 0 Å². The van der Waals surface area contributed by atoms with Crippen molar-refractivity contribution in [3.05, 3.63) is 35.9 Å². The van der Waals surface area contributed by atoms with Gasteiger partial charge in [0.2, 0.25) is 0 Å². The quantitative estimate of drug-likeness (QED) is 0.889. The Hall–Kier alpha value is -0.900. The van der Waals surface area contributed by atoms with E-state index in [4.69, 9.17) is 0 Å². The predicted octanol–water partition coefficient (Wildman–Crippen LogP) is 2.59. The monoisotopic (exact) mass is 277 g/mol. The molecule has 0 aromatic heterocycles. The average Bonchev–Trinajstić information content (AvgIpc) is 2.41. The second-order valence-electron chi connectivity index (χ2n) is 7.07. The maximum Gasteiger partial charge on any atom is 0.0853 e. The molecule has 0 amide bonds. The first-order valence-electron chi connectivity index (χ1n) is 7.48. The van der Waals surface area contributed by atoms with E-state index < -0.39 is 11.7 Å². The lowest BCUT2D eigenvalue weighted by Crippen LogP contribution is -2.46. The highest BCUT2D eigenvalue weighted by Gasteiger charge is 2.34. The second kappa shape index (κ2) is 5.84. The Morgan fingerprint density at radius 3 is 2.30 bits per heavy atom. The van der Waals surface area contributed by atoms with Crippen LogP contribution >= 0.6 is 0 Å². The van der Waals surface area contributed by atoms with Crippen LogP contribution in [0.4, 0.5) is 0 Å². The van der Waals surface area contributed by atoms with Crippen molar-refractivity contribution >= 4 is 0 Å². The molecule has 20 heavy (non-hydrogen) atoms. The molecule has 1 heterocycles. The Balaban J connectivity index is 1.97. The standard InChI is InChI=1S/C17H27NO2/c1-16(2,15(19)14-7-5-4-6-8-14)13-18-11-9-17(3,20)10-12-18/h4-8,15,19-20H,9-13H2,1-3H3. The van der Waals surface area contributed by atoms with Crippen molar-refractivity contribution < 1.29 is 10.2 Å². The summed E-state index contributed by atoms with van der Waals surface area (Å²) in [5, 5.41) is 20.6. The van der Waals surface area contributed by atoms with Crippen LogP contribution in [0, 0.1) is 5.41 Å². The number of nitrogens with zero attached hydrogens (tertiary/aromatic N) is 1. The topological polar surface area (TPSA) is 43.7 Å². The molecule has 1 unspecified atom stereocenters. The van der Waals surface area contributed by atoms with Gasteiger partial charge in [0.05, 0.1) is 11.7 Å². The first-order chi connectivity index (χ1) is 9.30. The van der Waals surface area contributed by atoms with E-state index in [-0.39, 0.29) is 5.41 Å². The molecule has 1 aliphatic heterocycles. The maximum absolute atomic E-state index is 10.6. The van der Waals surface area contributed by atoms with Crippen LogP contribution < -0.4 is 0 Å². The summed E-state index contributed by atoms with van der Waals surface area (Å²) in [6.07, 6.45) is 1.15. The summed E-state index contributed by atoms with van der Waals surface area (Å²) in [5.41, 5.74) is 0.255. The Labute approximate surface area is 122 Å². The van der Waals surface area contributed by atoms with Crippen LogP contribution in [0.2, 0.25) is 0 Å². The van der Waals surface area contributed by atoms with Gasteiger partial charge in [0.1, 0.15) is 0 Å². The number of rotatable bonds is 4. The molecular weight excluding hydrogens is 250 g/mol. The molecule has 0 aliphatic carbocycles. The van der Waals surface area contributed by atoms with E-state index in [2.05, 4.69) is 18.7 Å². The van der Waals surface area contributed by atoms with Crippen LogP contribution in [0.5, 0.6) is 0 Å². The van der Waals surface area contributed by atoms with E-state index in [1.165, 1.54) is 0 Å². The summed E-state index contributed by atoms with van der Waals surface area (Å²) in [5.74, 6) is 0. The van der Waals surface area contributed by atoms with E-state index in [9.17, 15) is 10.2 Å². The lowest BCUT2D eigenvalue weighted by molar-refractivity contribution is -0.0322. The van der Waals surface area contributed by atoms with Crippen LogP contribution in [0.1, 0.15) is 45.3 Å². The van der Waals surface area contributed by atoms with E-state index in [0.29, 0.717) is 0 Å². The zero-order valence-corrected chi connectivity index (χ0v) is 12.8. The first kappa shape index (κ1) is 15.5. The van der Waals surface area contributed by atoms with Crippen LogP contribution in [0.3, 0.4) is 0 Å². The highest BCUT2D eigenvalue weighted by atomic mass is 16.3. The van der Waals surface area contributed by atoms with Crippen molar-refractivity contribution in [1.82, 2.24) is 4.90 Å². The molecule has 3 heteroatoms. The number of aliphatic hydroxyl groups excluding tert-OH is 1. The van der Waals surface area contributed by atoms with E-state index in [1.54, 1.807) is 0 Å². The third-order valence-electron chi connectivity index (χ3n) is 4.42. The molecule has 2 N–H and O–H groups in total. The normalized spacial score (nSPS) is 21.6. The van der Waals surface area contributed by atoms with Gasteiger partial charge in [-0.05, 0) is 25.3 Å². The number of hydrogen-bond acceptors (Lipinski definition) is 3. The van der Waals surface area contributed by atoms with Crippen LogP contribution in [-0.2, 0) is 0 Å². The van der Waals surface area contributed by atoms with E-state index in [1.807, 2.05) is 37.3 Å².